The zero-order chi connectivity index (χ0) is 27.5. The van der Waals surface area contributed by atoms with Gasteiger partial charge in [0.05, 0.1) is 18.8 Å². The van der Waals surface area contributed by atoms with Crippen LogP contribution in [0.2, 0.25) is 0 Å². The zero-order valence-corrected chi connectivity index (χ0v) is 20.6. The van der Waals surface area contributed by atoms with Crippen LogP contribution in [0.1, 0.15) is 31.5 Å². The van der Waals surface area contributed by atoms with E-state index in [0.717, 1.165) is 5.56 Å². The van der Waals surface area contributed by atoms with Crippen LogP contribution < -0.4 is 27.4 Å². The highest BCUT2D eigenvalue weighted by Crippen LogP contribution is 2.07. The van der Waals surface area contributed by atoms with E-state index in [1.165, 1.54) is 12.5 Å². The Morgan fingerprint density at radius 1 is 0.919 bits per heavy atom. The fraction of sp³-hybridized carbons (Fsp3) is 0.417. The highest BCUT2D eigenvalue weighted by atomic mass is 16.4. The maximum atomic E-state index is 13.2. The van der Waals surface area contributed by atoms with Gasteiger partial charge in [-0.25, -0.2) is 9.78 Å². The first-order valence-corrected chi connectivity index (χ1v) is 11.7. The van der Waals surface area contributed by atoms with Gasteiger partial charge in [0.1, 0.15) is 18.1 Å². The fourth-order valence-corrected chi connectivity index (χ4v) is 3.40. The Balaban J connectivity index is 2.21. The first-order valence-electron chi connectivity index (χ1n) is 11.7. The number of H-pyrrole nitrogens is 1. The van der Waals surface area contributed by atoms with Gasteiger partial charge in [0.15, 0.2) is 0 Å². The molecule has 0 saturated carbocycles. The summed E-state index contributed by atoms with van der Waals surface area (Å²) in [6.07, 6.45) is 2.14. The molecule has 1 aromatic heterocycles. The quantitative estimate of drug-likeness (QED) is 0.158. The van der Waals surface area contributed by atoms with Gasteiger partial charge in [0, 0.05) is 24.7 Å². The number of nitrogens with zero attached hydrogens (tertiary/aromatic N) is 1. The van der Waals surface area contributed by atoms with Crippen LogP contribution in [0.25, 0.3) is 0 Å². The summed E-state index contributed by atoms with van der Waals surface area (Å²) in [5, 5.41) is 16.9. The largest absolute Gasteiger partial charge is 0.480 e. The lowest BCUT2D eigenvalue weighted by atomic mass is 10.0. The second kappa shape index (κ2) is 13.7. The predicted molar refractivity (Wildman–Crippen MR) is 132 cm³/mol. The van der Waals surface area contributed by atoms with Crippen molar-refractivity contribution in [3.8, 4) is 0 Å². The number of nitrogens with one attached hydrogen (secondary N) is 4. The standard InChI is InChI=1S/C24H33N7O6/c1-13(2)20(26)23(35)30-16(8-14-6-4-3-5-7-14)21(33)29-17(10-19(25)32)22(34)31-18(24(36)37)9-15-11-27-12-28-15/h3-7,11-13,16-18,20H,8-10,26H2,1-2H3,(H2,25,32)(H,27,28)(H,29,33)(H,30,35)(H,31,34)(H,36,37). The lowest BCUT2D eigenvalue weighted by Gasteiger charge is -2.25. The number of hydrogen-bond acceptors (Lipinski definition) is 7. The second-order valence-electron chi connectivity index (χ2n) is 8.93. The van der Waals surface area contributed by atoms with Gasteiger partial charge >= 0.3 is 5.97 Å². The van der Waals surface area contributed by atoms with E-state index >= 15 is 0 Å². The van der Waals surface area contributed by atoms with Crippen molar-refractivity contribution in [2.24, 2.45) is 17.4 Å². The summed E-state index contributed by atoms with van der Waals surface area (Å²) < 4.78 is 0. The van der Waals surface area contributed by atoms with Crippen LogP contribution in [0.5, 0.6) is 0 Å². The number of aromatic amines is 1. The minimum atomic E-state index is -1.48. The van der Waals surface area contributed by atoms with E-state index in [2.05, 4.69) is 25.9 Å². The molecular weight excluding hydrogens is 482 g/mol. The third kappa shape index (κ3) is 9.37. The number of carboxylic acid groups (broad SMARTS) is 1. The van der Waals surface area contributed by atoms with Crippen LogP contribution in [0.3, 0.4) is 0 Å². The summed E-state index contributed by atoms with van der Waals surface area (Å²) in [5.41, 5.74) is 12.4. The third-order valence-corrected chi connectivity index (χ3v) is 5.57. The Morgan fingerprint density at radius 2 is 1.51 bits per heavy atom. The van der Waals surface area contributed by atoms with Crippen LogP contribution in [-0.4, -0.2) is 68.8 Å². The Bertz CT molecular complexity index is 1070. The van der Waals surface area contributed by atoms with Gasteiger partial charge in [0.25, 0.3) is 0 Å². The Hall–Kier alpha value is -4.26. The Kier molecular flexibility index (Phi) is 10.8. The van der Waals surface area contributed by atoms with E-state index in [1.54, 1.807) is 44.2 Å². The highest BCUT2D eigenvalue weighted by molar-refractivity contribution is 5.96. The molecule has 0 aliphatic heterocycles. The summed E-state index contributed by atoms with van der Waals surface area (Å²) in [4.78, 5) is 68.7. The molecule has 9 N–H and O–H groups in total. The molecule has 0 aliphatic carbocycles. The number of carbonyl (C=O) groups is 5. The van der Waals surface area contributed by atoms with Crippen molar-refractivity contribution >= 4 is 29.6 Å². The lowest BCUT2D eigenvalue weighted by Crippen LogP contribution is -2.58. The maximum Gasteiger partial charge on any atom is 0.326 e. The molecule has 2 rings (SSSR count). The van der Waals surface area contributed by atoms with Crippen molar-refractivity contribution < 1.29 is 29.1 Å². The molecule has 13 heteroatoms. The molecule has 0 bridgehead atoms. The van der Waals surface area contributed by atoms with Crippen molar-refractivity contribution in [1.29, 1.82) is 0 Å². The SMILES string of the molecule is CC(C)C(N)C(=O)NC(Cc1ccccc1)C(=O)NC(CC(N)=O)C(=O)NC(Cc1cnc[nH]1)C(=O)O. The molecule has 0 saturated heterocycles. The number of primary amides is 1. The molecule has 0 spiro atoms. The number of nitrogens with two attached hydrogens (primary N) is 2. The number of carbonyl (C=O) groups excluding carboxylic acids is 4. The summed E-state index contributed by atoms with van der Waals surface area (Å²) in [6, 6.07) is 3.97. The van der Waals surface area contributed by atoms with Gasteiger partial charge in [-0.05, 0) is 11.5 Å². The Morgan fingerprint density at radius 3 is 2.05 bits per heavy atom. The summed E-state index contributed by atoms with van der Waals surface area (Å²) >= 11 is 0. The number of benzene rings is 1. The normalized spacial score (nSPS) is 14.2. The average molecular weight is 516 g/mol. The fourth-order valence-electron chi connectivity index (χ4n) is 3.40. The number of rotatable bonds is 14. The Labute approximate surface area is 213 Å². The first-order chi connectivity index (χ1) is 17.5. The first kappa shape index (κ1) is 29.0. The van der Waals surface area contributed by atoms with Gasteiger partial charge in [0.2, 0.25) is 23.6 Å². The molecule has 0 fully saturated rings. The molecule has 4 atom stereocenters. The summed E-state index contributed by atoms with van der Waals surface area (Å²) in [7, 11) is 0. The van der Waals surface area contributed by atoms with E-state index in [-0.39, 0.29) is 18.8 Å². The van der Waals surface area contributed by atoms with E-state index in [4.69, 9.17) is 11.5 Å². The van der Waals surface area contributed by atoms with Gasteiger partial charge in [-0.3, -0.25) is 19.2 Å². The topological polar surface area (TPSA) is 222 Å². The van der Waals surface area contributed by atoms with Gasteiger partial charge in [-0.15, -0.1) is 0 Å². The van der Waals surface area contributed by atoms with Crippen molar-refractivity contribution in [1.82, 2.24) is 25.9 Å². The molecule has 37 heavy (non-hydrogen) atoms. The second-order valence-corrected chi connectivity index (χ2v) is 8.93. The molecular formula is C24H33N7O6. The molecule has 200 valence electrons. The smallest absolute Gasteiger partial charge is 0.326 e. The minimum Gasteiger partial charge on any atom is -0.480 e. The molecule has 0 radical (unpaired) electrons. The van der Waals surface area contributed by atoms with Crippen molar-refractivity contribution in [2.45, 2.75) is 57.3 Å². The number of imidazole rings is 1. The van der Waals surface area contributed by atoms with E-state index in [0.29, 0.717) is 5.69 Å². The number of amides is 4. The van der Waals surface area contributed by atoms with Crippen LogP contribution in [0.4, 0.5) is 0 Å². The number of aromatic nitrogens is 2. The van der Waals surface area contributed by atoms with Gasteiger partial charge in [-0.2, -0.15) is 0 Å². The molecule has 13 nitrogen and oxygen atoms in total. The van der Waals surface area contributed by atoms with Crippen LogP contribution in [0.15, 0.2) is 42.9 Å². The minimum absolute atomic E-state index is 0.0751. The number of carboxylic acids is 1. The molecule has 4 amide bonds. The van der Waals surface area contributed by atoms with Crippen LogP contribution in [0, 0.1) is 5.92 Å². The van der Waals surface area contributed by atoms with E-state index < -0.39 is 60.2 Å². The number of hydrogen-bond donors (Lipinski definition) is 7. The molecule has 4 unspecified atom stereocenters. The van der Waals surface area contributed by atoms with E-state index in [9.17, 15) is 29.1 Å². The molecule has 2 aromatic rings. The third-order valence-electron chi connectivity index (χ3n) is 5.57. The van der Waals surface area contributed by atoms with Crippen molar-refractivity contribution in [3.05, 3.63) is 54.1 Å². The lowest BCUT2D eigenvalue weighted by molar-refractivity contribution is -0.142. The van der Waals surface area contributed by atoms with Crippen molar-refractivity contribution in [3.63, 3.8) is 0 Å². The summed E-state index contributed by atoms with van der Waals surface area (Å²) in [5.74, 6) is -4.68. The zero-order valence-electron chi connectivity index (χ0n) is 20.6. The monoisotopic (exact) mass is 515 g/mol. The molecule has 1 aromatic carbocycles. The van der Waals surface area contributed by atoms with E-state index in [1.807, 2.05) is 0 Å². The molecule has 0 aliphatic rings. The van der Waals surface area contributed by atoms with Crippen molar-refractivity contribution in [2.75, 3.05) is 0 Å². The van der Waals surface area contributed by atoms with Gasteiger partial charge < -0.3 is 37.5 Å². The summed E-state index contributed by atoms with van der Waals surface area (Å²) in [6.45, 7) is 3.51. The van der Waals surface area contributed by atoms with Gasteiger partial charge in [-0.1, -0.05) is 44.2 Å². The highest BCUT2D eigenvalue weighted by Gasteiger charge is 2.32. The molecule has 1 heterocycles. The maximum absolute atomic E-state index is 13.2. The number of aliphatic carboxylic acids is 1. The van der Waals surface area contributed by atoms with Crippen LogP contribution >= 0.6 is 0 Å². The van der Waals surface area contributed by atoms with Crippen LogP contribution in [-0.2, 0) is 36.8 Å². The predicted octanol–water partition coefficient (Wildman–Crippen LogP) is -1.41. The average Bonchev–Trinajstić information content (AvgIpc) is 3.35.